The Morgan fingerprint density at radius 3 is 2.50 bits per heavy atom. The van der Waals surface area contributed by atoms with Gasteiger partial charge in [-0.05, 0) is 38.5 Å². The summed E-state index contributed by atoms with van der Waals surface area (Å²) in [5.41, 5.74) is -0.530. The summed E-state index contributed by atoms with van der Waals surface area (Å²) in [6.07, 6.45) is 2.21. The third-order valence-corrected chi connectivity index (χ3v) is 3.97. The standard InChI is InChI=1S/C18H25NO7/c1-5-18(3,25-12-10-14(2)23-4)11-13-24-17(20)26-16-8-6-15(7-9-16)19(21)22/h6-10H,5,11-13H2,1-4H3/b14-10+. The number of nitro benzene ring substituents is 1. The molecule has 0 fully saturated rings. The van der Waals surface area contributed by atoms with E-state index in [2.05, 4.69) is 0 Å². The molecule has 0 aliphatic rings. The fraction of sp³-hybridized carbons (Fsp3) is 0.500. The van der Waals surface area contributed by atoms with Gasteiger partial charge in [-0.15, -0.1) is 0 Å². The predicted molar refractivity (Wildman–Crippen MR) is 95.1 cm³/mol. The molecule has 1 aromatic carbocycles. The van der Waals surface area contributed by atoms with Gasteiger partial charge in [0.05, 0.1) is 36.6 Å². The van der Waals surface area contributed by atoms with Crippen LogP contribution in [0, 0.1) is 10.1 Å². The molecule has 0 radical (unpaired) electrons. The summed E-state index contributed by atoms with van der Waals surface area (Å²) in [4.78, 5) is 21.8. The first-order chi connectivity index (χ1) is 12.3. The molecule has 1 rings (SSSR count). The first-order valence-corrected chi connectivity index (χ1v) is 8.23. The fourth-order valence-corrected chi connectivity index (χ4v) is 1.91. The number of nitrogens with zero attached hydrogens (tertiary/aromatic N) is 1. The number of carbonyl (C=O) groups excluding carboxylic acids is 1. The first-order valence-electron chi connectivity index (χ1n) is 8.23. The van der Waals surface area contributed by atoms with Gasteiger partial charge >= 0.3 is 6.16 Å². The molecule has 1 unspecified atom stereocenters. The van der Waals surface area contributed by atoms with E-state index in [1.807, 2.05) is 26.8 Å². The Morgan fingerprint density at radius 2 is 1.96 bits per heavy atom. The Bertz CT molecular complexity index is 627. The van der Waals surface area contributed by atoms with Gasteiger partial charge < -0.3 is 18.9 Å². The average Bonchev–Trinajstić information content (AvgIpc) is 2.62. The number of carbonyl (C=O) groups is 1. The zero-order valence-electron chi connectivity index (χ0n) is 15.5. The molecular formula is C18H25NO7. The first kappa shape index (κ1) is 21.4. The molecule has 0 aliphatic carbocycles. The smallest absolute Gasteiger partial charge is 0.502 e. The van der Waals surface area contributed by atoms with Crippen LogP contribution < -0.4 is 4.74 Å². The van der Waals surface area contributed by atoms with Gasteiger partial charge in [0.25, 0.3) is 5.69 Å². The maximum Gasteiger partial charge on any atom is 0.513 e. The van der Waals surface area contributed by atoms with E-state index in [-0.39, 0.29) is 18.0 Å². The maximum absolute atomic E-state index is 11.7. The Morgan fingerprint density at radius 1 is 1.31 bits per heavy atom. The van der Waals surface area contributed by atoms with Crippen molar-refractivity contribution in [2.45, 2.75) is 39.2 Å². The van der Waals surface area contributed by atoms with Gasteiger partial charge in [0, 0.05) is 18.6 Å². The fourth-order valence-electron chi connectivity index (χ4n) is 1.91. The van der Waals surface area contributed by atoms with Crippen molar-refractivity contribution in [1.29, 1.82) is 0 Å². The lowest BCUT2D eigenvalue weighted by molar-refractivity contribution is -0.384. The minimum absolute atomic E-state index is 0.0839. The van der Waals surface area contributed by atoms with E-state index in [0.717, 1.165) is 12.2 Å². The quantitative estimate of drug-likeness (QED) is 0.201. The Labute approximate surface area is 152 Å². The van der Waals surface area contributed by atoms with E-state index < -0.39 is 16.7 Å². The number of benzene rings is 1. The summed E-state index contributed by atoms with van der Waals surface area (Å²) in [6, 6.07) is 5.17. The van der Waals surface area contributed by atoms with Gasteiger partial charge in [-0.3, -0.25) is 10.1 Å². The second-order valence-electron chi connectivity index (χ2n) is 5.83. The number of nitro groups is 1. The molecule has 144 valence electrons. The zero-order chi connectivity index (χ0) is 19.6. The van der Waals surface area contributed by atoms with E-state index >= 15 is 0 Å². The van der Waals surface area contributed by atoms with Crippen molar-refractivity contribution >= 4 is 11.8 Å². The lowest BCUT2D eigenvalue weighted by atomic mass is 9.99. The molecule has 0 aromatic heterocycles. The van der Waals surface area contributed by atoms with Crippen molar-refractivity contribution in [3.05, 3.63) is 46.2 Å². The second-order valence-corrected chi connectivity index (χ2v) is 5.83. The van der Waals surface area contributed by atoms with Gasteiger partial charge in [0.2, 0.25) is 0 Å². The summed E-state index contributed by atoms with van der Waals surface area (Å²) in [7, 11) is 1.59. The third kappa shape index (κ3) is 7.52. The van der Waals surface area contributed by atoms with Gasteiger partial charge in [0.1, 0.15) is 5.75 Å². The summed E-state index contributed by atoms with van der Waals surface area (Å²) in [6.45, 7) is 6.29. The van der Waals surface area contributed by atoms with Gasteiger partial charge in [0.15, 0.2) is 0 Å². The van der Waals surface area contributed by atoms with Gasteiger partial charge in [-0.2, -0.15) is 0 Å². The maximum atomic E-state index is 11.7. The van der Waals surface area contributed by atoms with Crippen LogP contribution in [0.4, 0.5) is 10.5 Å². The third-order valence-electron chi connectivity index (χ3n) is 3.97. The Balaban J connectivity index is 2.41. The Kier molecular flexibility index (Phi) is 8.57. The van der Waals surface area contributed by atoms with E-state index in [1.165, 1.54) is 24.3 Å². The minimum Gasteiger partial charge on any atom is -0.502 e. The number of ether oxygens (including phenoxy) is 4. The molecule has 0 spiro atoms. The molecule has 8 heteroatoms. The number of rotatable bonds is 10. The van der Waals surface area contributed by atoms with Crippen LogP contribution >= 0.6 is 0 Å². The normalized spacial score (nSPS) is 13.6. The molecule has 0 saturated carbocycles. The van der Waals surface area contributed by atoms with E-state index in [9.17, 15) is 14.9 Å². The van der Waals surface area contributed by atoms with E-state index in [0.29, 0.717) is 13.0 Å². The van der Waals surface area contributed by atoms with Crippen LogP contribution in [0.2, 0.25) is 0 Å². The van der Waals surface area contributed by atoms with Crippen molar-refractivity contribution in [3.8, 4) is 5.75 Å². The largest absolute Gasteiger partial charge is 0.513 e. The van der Waals surface area contributed by atoms with Crippen LogP contribution in [-0.2, 0) is 14.2 Å². The molecule has 1 aromatic rings. The highest BCUT2D eigenvalue weighted by Crippen LogP contribution is 2.21. The SMILES string of the molecule is CCC(C)(CCOC(=O)Oc1ccc([N+](=O)[O-])cc1)OC/C=C(\C)OC. The molecule has 0 aliphatic heterocycles. The molecule has 8 nitrogen and oxygen atoms in total. The summed E-state index contributed by atoms with van der Waals surface area (Å²) in [5.74, 6) is 0.946. The lowest BCUT2D eigenvalue weighted by Gasteiger charge is -2.28. The van der Waals surface area contributed by atoms with Crippen LogP contribution in [0.25, 0.3) is 0 Å². The van der Waals surface area contributed by atoms with Crippen LogP contribution in [0.15, 0.2) is 36.1 Å². The van der Waals surface area contributed by atoms with E-state index in [1.54, 1.807) is 7.11 Å². The van der Waals surface area contributed by atoms with Crippen LogP contribution in [-0.4, -0.2) is 37.0 Å². The highest BCUT2D eigenvalue weighted by atomic mass is 16.7. The monoisotopic (exact) mass is 367 g/mol. The van der Waals surface area contributed by atoms with Crippen molar-refractivity contribution < 1.29 is 28.7 Å². The molecule has 0 bridgehead atoms. The minimum atomic E-state index is -0.868. The Hall–Kier alpha value is -2.61. The lowest BCUT2D eigenvalue weighted by Crippen LogP contribution is -2.30. The zero-order valence-corrected chi connectivity index (χ0v) is 15.5. The van der Waals surface area contributed by atoms with Crippen LogP contribution in [0.1, 0.15) is 33.6 Å². The van der Waals surface area contributed by atoms with Gasteiger partial charge in [-0.25, -0.2) is 4.79 Å². The average molecular weight is 367 g/mol. The van der Waals surface area contributed by atoms with Crippen molar-refractivity contribution in [3.63, 3.8) is 0 Å². The van der Waals surface area contributed by atoms with Crippen molar-refractivity contribution in [2.24, 2.45) is 0 Å². The predicted octanol–water partition coefficient (Wildman–Crippen LogP) is 4.24. The summed E-state index contributed by atoms with van der Waals surface area (Å²) >= 11 is 0. The van der Waals surface area contributed by atoms with Crippen LogP contribution in [0.3, 0.4) is 0 Å². The highest BCUT2D eigenvalue weighted by molar-refractivity contribution is 5.63. The molecule has 0 N–H and O–H groups in total. The molecule has 0 amide bonds. The van der Waals surface area contributed by atoms with Gasteiger partial charge in [-0.1, -0.05) is 6.92 Å². The van der Waals surface area contributed by atoms with Crippen molar-refractivity contribution in [2.75, 3.05) is 20.3 Å². The molecule has 0 saturated heterocycles. The molecular weight excluding hydrogens is 342 g/mol. The molecule has 1 atom stereocenters. The number of hydrogen-bond acceptors (Lipinski definition) is 7. The van der Waals surface area contributed by atoms with Crippen molar-refractivity contribution in [1.82, 2.24) is 0 Å². The second kappa shape index (κ2) is 10.4. The highest BCUT2D eigenvalue weighted by Gasteiger charge is 2.23. The number of hydrogen-bond donors (Lipinski definition) is 0. The van der Waals surface area contributed by atoms with Crippen LogP contribution in [0.5, 0.6) is 5.75 Å². The number of methoxy groups -OCH3 is 1. The number of non-ortho nitro benzene ring substituents is 1. The van der Waals surface area contributed by atoms with E-state index in [4.69, 9.17) is 18.9 Å². The summed E-state index contributed by atoms with van der Waals surface area (Å²) < 4.78 is 20.9. The topological polar surface area (TPSA) is 97.1 Å². The number of allylic oxidation sites excluding steroid dienone is 1. The molecule has 0 heterocycles. The summed E-state index contributed by atoms with van der Waals surface area (Å²) in [5, 5.41) is 10.6. The molecule has 26 heavy (non-hydrogen) atoms.